The molecule has 0 bridgehead atoms. The maximum absolute atomic E-state index is 11.9. The van der Waals surface area contributed by atoms with E-state index >= 15 is 0 Å². The monoisotopic (exact) mass is 464 g/mol. The molecule has 178 valence electrons. The van der Waals surface area contributed by atoms with Crippen LogP contribution in [0.2, 0.25) is 0 Å². The molecule has 0 saturated carbocycles. The van der Waals surface area contributed by atoms with Crippen LogP contribution >= 0.6 is 0 Å². The number of carbonyl (C=O) groups is 1. The highest BCUT2D eigenvalue weighted by molar-refractivity contribution is 5.71. The van der Waals surface area contributed by atoms with Crippen molar-refractivity contribution < 1.29 is 14.3 Å². The van der Waals surface area contributed by atoms with E-state index in [1.807, 2.05) is 26.0 Å². The van der Waals surface area contributed by atoms with Gasteiger partial charge in [-0.25, -0.2) is 0 Å². The van der Waals surface area contributed by atoms with Crippen LogP contribution in [0.25, 0.3) is 0 Å². The molecule has 4 aromatic rings. The molecule has 4 aromatic carbocycles. The van der Waals surface area contributed by atoms with Crippen molar-refractivity contribution in [1.82, 2.24) is 0 Å². The van der Waals surface area contributed by atoms with Crippen LogP contribution in [0.15, 0.2) is 115 Å². The second-order valence-electron chi connectivity index (χ2n) is 8.70. The summed E-state index contributed by atoms with van der Waals surface area (Å²) in [5.41, 5.74) is 4.26. The van der Waals surface area contributed by atoms with E-state index in [2.05, 4.69) is 103 Å². The van der Waals surface area contributed by atoms with E-state index < -0.39 is 5.41 Å². The molecule has 0 aliphatic heterocycles. The number of carbonyl (C=O) groups excluding carboxylic acids is 1. The van der Waals surface area contributed by atoms with Crippen molar-refractivity contribution in [3.63, 3.8) is 0 Å². The van der Waals surface area contributed by atoms with Crippen molar-refractivity contribution in [2.75, 3.05) is 13.2 Å². The largest absolute Gasteiger partial charge is 0.490 e. The van der Waals surface area contributed by atoms with Gasteiger partial charge in [-0.1, -0.05) is 117 Å². The first-order valence-electron chi connectivity index (χ1n) is 12.2. The smallest absolute Gasteiger partial charge is 0.308 e. The highest BCUT2D eigenvalue weighted by Gasteiger charge is 2.38. The molecule has 4 rings (SSSR count). The zero-order valence-corrected chi connectivity index (χ0v) is 20.4. The van der Waals surface area contributed by atoms with Crippen LogP contribution in [-0.4, -0.2) is 19.2 Å². The molecular formula is C32H32O3. The molecule has 1 unspecified atom stereocenters. The van der Waals surface area contributed by atoms with Crippen molar-refractivity contribution in [2.24, 2.45) is 5.92 Å². The Morgan fingerprint density at radius 3 is 1.51 bits per heavy atom. The van der Waals surface area contributed by atoms with E-state index in [-0.39, 0.29) is 18.5 Å². The summed E-state index contributed by atoms with van der Waals surface area (Å²) >= 11 is 0. The third-order valence-corrected chi connectivity index (χ3v) is 6.52. The minimum atomic E-state index is -0.478. The van der Waals surface area contributed by atoms with Crippen LogP contribution < -0.4 is 4.74 Å². The Bertz CT molecular complexity index is 1090. The Hall–Kier alpha value is -3.85. The summed E-state index contributed by atoms with van der Waals surface area (Å²) in [7, 11) is 0. The van der Waals surface area contributed by atoms with Gasteiger partial charge in [-0.15, -0.1) is 0 Å². The van der Waals surface area contributed by atoms with E-state index in [4.69, 9.17) is 9.47 Å². The van der Waals surface area contributed by atoms with Gasteiger partial charge in [0.15, 0.2) is 0 Å². The predicted octanol–water partition coefficient (Wildman–Crippen LogP) is 7.04. The number of rotatable bonds is 10. The first-order valence-corrected chi connectivity index (χ1v) is 12.2. The molecule has 0 spiro atoms. The van der Waals surface area contributed by atoms with E-state index in [1.165, 1.54) is 16.7 Å². The number of hydrogen-bond acceptors (Lipinski definition) is 3. The molecule has 3 heteroatoms. The number of benzene rings is 4. The molecule has 0 fully saturated rings. The third-order valence-electron chi connectivity index (χ3n) is 6.52. The average molecular weight is 465 g/mol. The summed E-state index contributed by atoms with van der Waals surface area (Å²) in [4.78, 5) is 11.9. The molecule has 35 heavy (non-hydrogen) atoms. The van der Waals surface area contributed by atoms with Crippen molar-refractivity contribution in [1.29, 1.82) is 0 Å². The van der Waals surface area contributed by atoms with Crippen LogP contribution in [0, 0.1) is 5.92 Å². The molecular weight excluding hydrogens is 432 g/mol. The summed E-state index contributed by atoms with van der Waals surface area (Å²) in [5.74, 6) is 0.484. The fourth-order valence-electron chi connectivity index (χ4n) is 4.48. The van der Waals surface area contributed by atoms with Crippen LogP contribution in [0.4, 0.5) is 0 Å². The second kappa shape index (κ2) is 11.5. The molecule has 0 radical (unpaired) electrons. The minimum Gasteiger partial charge on any atom is -0.490 e. The summed E-state index contributed by atoms with van der Waals surface area (Å²) in [6.45, 7) is 4.42. The lowest BCUT2D eigenvalue weighted by Gasteiger charge is -2.36. The Labute approximate surface area is 208 Å². The normalized spacial score (nSPS) is 12.1. The highest BCUT2D eigenvalue weighted by Crippen LogP contribution is 2.45. The molecule has 0 N–H and O–H groups in total. The lowest BCUT2D eigenvalue weighted by atomic mass is 9.65. The fourth-order valence-corrected chi connectivity index (χ4v) is 4.48. The van der Waals surface area contributed by atoms with Crippen molar-refractivity contribution in [3.8, 4) is 5.75 Å². The Kier molecular flexibility index (Phi) is 7.99. The third kappa shape index (κ3) is 5.30. The number of hydrogen-bond donors (Lipinski definition) is 0. The molecule has 3 nitrogen and oxygen atoms in total. The van der Waals surface area contributed by atoms with Crippen LogP contribution in [0.5, 0.6) is 5.75 Å². The van der Waals surface area contributed by atoms with E-state index in [1.54, 1.807) is 0 Å². The first-order chi connectivity index (χ1) is 17.2. The molecule has 0 amide bonds. The maximum atomic E-state index is 11.9. The Balaban J connectivity index is 1.67. The van der Waals surface area contributed by atoms with Crippen molar-refractivity contribution in [3.05, 3.63) is 138 Å². The predicted molar refractivity (Wildman–Crippen MR) is 141 cm³/mol. The van der Waals surface area contributed by atoms with Gasteiger partial charge in [0.05, 0.1) is 11.3 Å². The van der Waals surface area contributed by atoms with Gasteiger partial charge in [-0.05, 0) is 40.8 Å². The molecule has 0 aromatic heterocycles. The lowest BCUT2D eigenvalue weighted by molar-refractivity contribution is -0.148. The maximum Gasteiger partial charge on any atom is 0.308 e. The van der Waals surface area contributed by atoms with E-state index in [0.717, 1.165) is 17.7 Å². The summed E-state index contributed by atoms with van der Waals surface area (Å²) < 4.78 is 11.2. The average Bonchev–Trinajstić information content (AvgIpc) is 2.93. The molecule has 1 atom stereocenters. The van der Waals surface area contributed by atoms with Gasteiger partial charge >= 0.3 is 5.97 Å². The van der Waals surface area contributed by atoms with Gasteiger partial charge in [-0.2, -0.15) is 0 Å². The van der Waals surface area contributed by atoms with Crippen LogP contribution in [0.3, 0.4) is 0 Å². The zero-order valence-electron chi connectivity index (χ0n) is 20.4. The van der Waals surface area contributed by atoms with Gasteiger partial charge in [0.1, 0.15) is 19.0 Å². The standard InChI is InChI=1S/C32H32O3/c1-3-25(2)31(33)35-24-23-34-30-21-19-29(20-22-30)32(26-13-7-4-8-14-26,27-15-9-5-10-16-27)28-17-11-6-12-18-28/h4-22,25H,3,23-24H2,1-2H3. The SMILES string of the molecule is CCC(C)C(=O)OCCOc1ccc(C(c2ccccc2)(c2ccccc2)c2ccccc2)cc1. The van der Waals surface area contributed by atoms with Crippen LogP contribution in [0.1, 0.15) is 42.5 Å². The van der Waals surface area contributed by atoms with Gasteiger partial charge < -0.3 is 9.47 Å². The van der Waals surface area contributed by atoms with Crippen molar-refractivity contribution >= 4 is 5.97 Å². The lowest BCUT2D eigenvalue weighted by Crippen LogP contribution is -2.30. The van der Waals surface area contributed by atoms with E-state index in [9.17, 15) is 4.79 Å². The summed E-state index contributed by atoms with van der Waals surface area (Å²) in [6, 6.07) is 40.1. The van der Waals surface area contributed by atoms with Crippen molar-refractivity contribution in [2.45, 2.75) is 25.7 Å². The van der Waals surface area contributed by atoms with Crippen LogP contribution in [-0.2, 0) is 14.9 Å². The Morgan fingerprint density at radius 1 is 0.657 bits per heavy atom. The fraction of sp³-hybridized carbons (Fsp3) is 0.219. The second-order valence-corrected chi connectivity index (χ2v) is 8.70. The topological polar surface area (TPSA) is 35.5 Å². The zero-order chi connectivity index (χ0) is 24.5. The molecule has 0 aliphatic carbocycles. The quantitative estimate of drug-likeness (QED) is 0.143. The van der Waals surface area contributed by atoms with Gasteiger partial charge in [-0.3, -0.25) is 4.79 Å². The Morgan fingerprint density at radius 2 is 1.09 bits per heavy atom. The highest BCUT2D eigenvalue weighted by atomic mass is 16.6. The van der Waals surface area contributed by atoms with E-state index in [0.29, 0.717) is 6.61 Å². The van der Waals surface area contributed by atoms with Gasteiger partial charge in [0, 0.05) is 0 Å². The van der Waals surface area contributed by atoms with Gasteiger partial charge in [0.2, 0.25) is 0 Å². The number of esters is 1. The number of ether oxygens (including phenoxy) is 2. The molecule has 0 aliphatic rings. The minimum absolute atomic E-state index is 0.0867. The summed E-state index contributed by atoms with van der Waals surface area (Å²) in [5, 5.41) is 0. The summed E-state index contributed by atoms with van der Waals surface area (Å²) in [6.07, 6.45) is 0.771. The molecule has 0 heterocycles. The molecule has 0 saturated heterocycles. The first kappa shape index (κ1) is 24.3. The van der Waals surface area contributed by atoms with Gasteiger partial charge in [0.25, 0.3) is 0 Å².